The predicted octanol–water partition coefficient (Wildman–Crippen LogP) is 8.39. The van der Waals surface area contributed by atoms with Crippen LogP contribution in [-0.2, 0) is 20.0 Å². The molecular formula is C54H70N14O4S2. The number of aryl methyl sites for hydroxylation is 2. The molecular weight excluding hydrogens is 973 g/mol. The summed E-state index contributed by atoms with van der Waals surface area (Å²) in [6, 6.07) is 30.5. The maximum Gasteiger partial charge on any atom is 0.243 e. The Hall–Kier alpha value is -6.42. The summed E-state index contributed by atoms with van der Waals surface area (Å²) in [7, 11) is -2.76. The van der Waals surface area contributed by atoms with Gasteiger partial charge in [0.05, 0.1) is 9.79 Å². The van der Waals surface area contributed by atoms with Crippen molar-refractivity contribution in [3.05, 3.63) is 121 Å². The van der Waals surface area contributed by atoms with Crippen LogP contribution in [0.3, 0.4) is 0 Å². The molecule has 4 N–H and O–H groups in total. The summed E-state index contributed by atoms with van der Waals surface area (Å²) in [5, 5.41) is 13.1. The second kappa shape index (κ2) is 23.0. The van der Waals surface area contributed by atoms with Crippen molar-refractivity contribution in [3.8, 4) is 0 Å². The molecule has 0 aliphatic carbocycles. The summed E-state index contributed by atoms with van der Waals surface area (Å²) >= 11 is 0. The third-order valence-electron chi connectivity index (χ3n) is 14.3. The van der Waals surface area contributed by atoms with E-state index in [1.165, 1.54) is 11.4 Å². The Morgan fingerprint density at radius 2 is 0.892 bits per heavy atom. The summed E-state index contributed by atoms with van der Waals surface area (Å²) in [6.45, 7) is 17.3. The maximum absolute atomic E-state index is 13.4. The number of anilines is 10. The van der Waals surface area contributed by atoms with Gasteiger partial charge in [-0.15, -0.1) is 0 Å². The lowest BCUT2D eigenvalue weighted by Gasteiger charge is -2.34. The summed E-state index contributed by atoms with van der Waals surface area (Å²) in [6.07, 6.45) is 7.09. The topological polar surface area (TPSA) is 187 Å². The molecule has 6 aromatic rings. The van der Waals surface area contributed by atoms with Crippen molar-refractivity contribution < 1.29 is 16.8 Å². The van der Waals surface area contributed by atoms with E-state index in [1.54, 1.807) is 57.4 Å². The normalized spacial score (nSPS) is 19.2. The highest BCUT2D eigenvalue weighted by Crippen LogP contribution is 2.33. The van der Waals surface area contributed by atoms with E-state index in [1.807, 2.05) is 64.1 Å². The number of piperazine rings is 2. The fourth-order valence-corrected chi connectivity index (χ4v) is 13.2. The van der Waals surface area contributed by atoms with Gasteiger partial charge < -0.3 is 40.9 Å². The Morgan fingerprint density at radius 1 is 0.486 bits per heavy atom. The van der Waals surface area contributed by atoms with Gasteiger partial charge in [-0.05, 0) is 152 Å². The number of likely N-dealkylation sites (N-methyl/N-ethyl adjacent to an activating group) is 2. The van der Waals surface area contributed by atoms with Crippen LogP contribution in [0.1, 0.15) is 50.7 Å². The van der Waals surface area contributed by atoms with Gasteiger partial charge >= 0.3 is 0 Å². The van der Waals surface area contributed by atoms with Crippen molar-refractivity contribution in [1.82, 2.24) is 38.3 Å². The first-order chi connectivity index (χ1) is 35.6. The average molecular weight is 1040 g/mol. The van der Waals surface area contributed by atoms with E-state index in [-0.39, 0.29) is 17.0 Å². The number of hydrogen-bond acceptors (Lipinski definition) is 16. The lowest BCUT2D eigenvalue weighted by Crippen LogP contribution is -2.44. The fraction of sp³-hybridized carbons (Fsp3) is 0.407. The molecule has 6 heterocycles. The molecule has 74 heavy (non-hydrogen) atoms. The maximum atomic E-state index is 13.4. The molecule has 0 saturated carbocycles. The molecule has 10 rings (SSSR count). The molecule has 4 aromatic carbocycles. The lowest BCUT2D eigenvalue weighted by atomic mass is 10.2. The summed E-state index contributed by atoms with van der Waals surface area (Å²) in [4.78, 5) is 28.2. The van der Waals surface area contributed by atoms with Crippen LogP contribution in [0.5, 0.6) is 0 Å². The van der Waals surface area contributed by atoms with E-state index in [2.05, 4.69) is 99.2 Å². The smallest absolute Gasteiger partial charge is 0.243 e. The minimum absolute atomic E-state index is 0.0000190. The van der Waals surface area contributed by atoms with Gasteiger partial charge in [-0.3, -0.25) is 0 Å². The number of rotatable bonds is 14. The molecule has 2 atom stereocenters. The summed E-state index contributed by atoms with van der Waals surface area (Å²) < 4.78 is 55.9. The Morgan fingerprint density at radius 3 is 1.31 bits per heavy atom. The van der Waals surface area contributed by atoms with Crippen LogP contribution < -0.4 is 31.1 Å². The molecule has 2 unspecified atom stereocenters. The van der Waals surface area contributed by atoms with E-state index < -0.39 is 20.0 Å². The third-order valence-corrected chi connectivity index (χ3v) is 18.3. The van der Waals surface area contributed by atoms with Crippen molar-refractivity contribution >= 4 is 77.7 Å². The van der Waals surface area contributed by atoms with Crippen LogP contribution >= 0.6 is 0 Å². The number of nitrogens with zero attached hydrogens (tertiary/aromatic N) is 10. The lowest BCUT2D eigenvalue weighted by molar-refractivity contribution is 0.313. The minimum Gasteiger partial charge on any atom is -0.369 e. The van der Waals surface area contributed by atoms with Gasteiger partial charge in [0.25, 0.3) is 0 Å². The molecule has 392 valence electrons. The molecule has 0 spiro atoms. The number of nitrogens with one attached hydrogen (secondary N) is 4. The zero-order chi connectivity index (χ0) is 52.0. The molecule has 0 bridgehead atoms. The van der Waals surface area contributed by atoms with Crippen LogP contribution in [0.2, 0.25) is 0 Å². The summed E-state index contributed by atoms with van der Waals surface area (Å²) in [5.74, 6) is 2.18. The van der Waals surface area contributed by atoms with Gasteiger partial charge in [0.15, 0.2) is 0 Å². The van der Waals surface area contributed by atoms with Gasteiger partial charge in [0, 0.05) is 135 Å². The molecule has 18 nitrogen and oxygen atoms in total. The molecule has 4 fully saturated rings. The Labute approximate surface area is 437 Å². The highest BCUT2D eigenvalue weighted by atomic mass is 32.2. The SMILES string of the molecule is Cc1cnc(Nc2ccc(N3CCN(C)CC3)cc2)nc1Nc1cccc(S(=O)(=O)N2C(C)CCC2C)c1.Cc1cnc(Nc2ccc(N3CCN(C)CC3)cc2)nc1Nc1cccc(S(=O)(=O)N2CCCC2)c1. The van der Waals surface area contributed by atoms with Gasteiger partial charge in [0.1, 0.15) is 11.6 Å². The van der Waals surface area contributed by atoms with Crippen molar-refractivity contribution in [2.45, 2.75) is 75.3 Å². The number of benzene rings is 4. The molecule has 0 radical (unpaired) electrons. The van der Waals surface area contributed by atoms with Crippen LogP contribution in [0.4, 0.5) is 57.7 Å². The quantitative estimate of drug-likeness (QED) is 0.0814. The van der Waals surface area contributed by atoms with E-state index in [9.17, 15) is 16.8 Å². The second-order valence-electron chi connectivity index (χ2n) is 19.9. The monoisotopic (exact) mass is 1040 g/mol. The largest absolute Gasteiger partial charge is 0.369 e. The van der Waals surface area contributed by atoms with Gasteiger partial charge in [-0.1, -0.05) is 12.1 Å². The van der Waals surface area contributed by atoms with Crippen molar-refractivity contribution in [2.75, 3.05) is 111 Å². The zero-order valence-corrected chi connectivity index (χ0v) is 45.0. The molecule has 2 aromatic heterocycles. The number of sulfonamides is 2. The van der Waals surface area contributed by atoms with E-state index in [0.717, 1.165) is 101 Å². The van der Waals surface area contributed by atoms with Gasteiger partial charge in [0.2, 0.25) is 31.9 Å². The van der Waals surface area contributed by atoms with Crippen molar-refractivity contribution in [2.24, 2.45) is 0 Å². The molecule has 4 saturated heterocycles. The van der Waals surface area contributed by atoms with Gasteiger partial charge in [-0.2, -0.15) is 18.6 Å². The van der Waals surface area contributed by atoms with Crippen LogP contribution in [-0.4, -0.2) is 147 Å². The highest BCUT2D eigenvalue weighted by Gasteiger charge is 2.38. The van der Waals surface area contributed by atoms with E-state index in [4.69, 9.17) is 0 Å². The fourth-order valence-electron chi connectivity index (χ4n) is 9.74. The molecule has 0 amide bonds. The Balaban J connectivity index is 0.000000182. The number of aromatic nitrogens is 4. The number of hydrogen-bond donors (Lipinski definition) is 4. The van der Waals surface area contributed by atoms with E-state index >= 15 is 0 Å². The van der Waals surface area contributed by atoms with Crippen LogP contribution in [0.25, 0.3) is 0 Å². The zero-order valence-electron chi connectivity index (χ0n) is 43.4. The average Bonchev–Trinajstić information content (AvgIpc) is 4.08. The minimum atomic E-state index is -3.58. The first-order valence-electron chi connectivity index (χ1n) is 25.7. The highest BCUT2D eigenvalue weighted by molar-refractivity contribution is 7.89. The first-order valence-corrected chi connectivity index (χ1v) is 28.5. The van der Waals surface area contributed by atoms with Crippen LogP contribution in [0.15, 0.2) is 119 Å². The van der Waals surface area contributed by atoms with Gasteiger partial charge in [-0.25, -0.2) is 26.8 Å². The third kappa shape index (κ3) is 12.6. The first kappa shape index (κ1) is 52.4. The van der Waals surface area contributed by atoms with Crippen molar-refractivity contribution in [3.63, 3.8) is 0 Å². The standard InChI is InChI=1S/C28H37N7O2S.C26H33N7O2S/c1-20-19-29-28(31-23-10-12-25(13-11-23)34-16-14-33(4)15-17-34)32-27(20)30-24-6-5-7-26(18-24)38(36,37)35-21(2)8-9-22(35)3;1-20-19-27-26(29-21-8-10-23(11-9-21)32-16-14-31(2)15-17-32)30-25(20)28-22-6-5-7-24(18-22)36(34,35)33-12-3-4-13-33/h5-7,10-13,18-19,21-22H,8-9,14-17H2,1-4H3,(H2,29,30,31,32);5-11,18-19H,3-4,12-17H2,1-2H3,(H2,27,28,29,30). The van der Waals surface area contributed by atoms with E-state index in [0.29, 0.717) is 52.9 Å². The van der Waals surface area contributed by atoms with Crippen LogP contribution in [0, 0.1) is 13.8 Å². The molecule has 20 heteroatoms. The Bertz CT molecular complexity index is 3080. The summed E-state index contributed by atoms with van der Waals surface area (Å²) in [5.41, 5.74) is 7.28. The predicted molar refractivity (Wildman–Crippen MR) is 297 cm³/mol. The van der Waals surface area contributed by atoms with Crippen molar-refractivity contribution in [1.29, 1.82) is 0 Å². The molecule has 4 aliphatic heterocycles. The molecule has 4 aliphatic rings. The second-order valence-corrected chi connectivity index (χ2v) is 23.7. The Kier molecular flexibility index (Phi) is 16.3.